The second-order valence-corrected chi connectivity index (χ2v) is 14.8. The number of carbonyl (C=O) groups excluding carboxylic acids is 1. The lowest BCUT2D eigenvalue weighted by Gasteiger charge is -2.39. The number of fused-ring (bicyclic) bond motifs is 2. The zero-order valence-electron chi connectivity index (χ0n) is 23.9. The summed E-state index contributed by atoms with van der Waals surface area (Å²) in [6.45, 7) is 5.81. The minimum absolute atomic E-state index is 0.0399. The van der Waals surface area contributed by atoms with Crippen LogP contribution in [0.15, 0.2) is 42.5 Å². The molecule has 0 saturated carbocycles. The van der Waals surface area contributed by atoms with Crippen LogP contribution in [0.1, 0.15) is 69.4 Å². The Hall–Kier alpha value is -2.04. The van der Waals surface area contributed by atoms with Crippen molar-refractivity contribution in [3.8, 4) is 0 Å². The second-order valence-electron chi connectivity index (χ2n) is 12.4. The maximum absolute atomic E-state index is 15.1. The molecule has 0 aliphatic carbocycles. The van der Waals surface area contributed by atoms with E-state index in [-0.39, 0.29) is 47.6 Å². The van der Waals surface area contributed by atoms with Crippen molar-refractivity contribution >= 4 is 33.2 Å². The van der Waals surface area contributed by atoms with E-state index in [1.165, 1.54) is 6.07 Å². The van der Waals surface area contributed by atoms with Crippen molar-refractivity contribution in [1.29, 1.82) is 0 Å². The number of hydrogen-bond acceptors (Lipinski definition) is 5. The molecule has 3 unspecified atom stereocenters. The summed E-state index contributed by atoms with van der Waals surface area (Å²) < 4.78 is 48.4. The highest BCUT2D eigenvalue weighted by Crippen LogP contribution is 2.40. The minimum atomic E-state index is -3.33. The monoisotopic (exact) mass is 605 g/mol. The molecule has 5 atom stereocenters. The van der Waals surface area contributed by atoms with Crippen LogP contribution >= 0.6 is 11.6 Å². The molecule has 2 bridgehead atoms. The molecule has 2 aromatic rings. The maximum atomic E-state index is 15.1. The molecule has 3 aliphatic heterocycles. The molecular formula is C31H41ClFN3O4S. The zero-order valence-corrected chi connectivity index (χ0v) is 25.4. The minimum Gasteiger partial charge on any atom is -0.376 e. The van der Waals surface area contributed by atoms with Gasteiger partial charge in [-0.15, -0.1) is 0 Å². The van der Waals surface area contributed by atoms with E-state index in [1.54, 1.807) is 16.4 Å². The second kappa shape index (κ2) is 12.7. The van der Waals surface area contributed by atoms with Gasteiger partial charge in [0.05, 0.1) is 11.4 Å². The standard InChI is InChI=1S/C31H41ClFN3O4S/c1-31(2)18-22(14-15-40-31)27(21-8-10-23(32)11-9-21)17-30(37)35-29-7-3-6-28(33)26(29)13-12-25-19-34-24-5-4-16-41(38,39)36(25)20-24/h3,6-11,22,24-25,27,34H,4-5,12-20H2,1-2H3,(H,35,37)/t22?,24-,25?,27+/m1/s1. The molecule has 3 saturated heterocycles. The first-order chi connectivity index (χ1) is 19.5. The maximum Gasteiger partial charge on any atom is 0.225 e. The number of rotatable bonds is 8. The van der Waals surface area contributed by atoms with Crippen LogP contribution in [0.25, 0.3) is 0 Å². The predicted molar refractivity (Wildman–Crippen MR) is 160 cm³/mol. The lowest BCUT2D eigenvalue weighted by molar-refractivity contribution is -0.118. The predicted octanol–water partition coefficient (Wildman–Crippen LogP) is 5.50. The Morgan fingerprint density at radius 3 is 2.76 bits per heavy atom. The highest BCUT2D eigenvalue weighted by molar-refractivity contribution is 7.89. The Morgan fingerprint density at radius 1 is 1.22 bits per heavy atom. The Labute approximate surface area is 248 Å². The topological polar surface area (TPSA) is 87.7 Å². The van der Waals surface area contributed by atoms with Gasteiger partial charge in [-0.25, -0.2) is 12.8 Å². The van der Waals surface area contributed by atoms with Crippen LogP contribution in [0.4, 0.5) is 10.1 Å². The Morgan fingerprint density at radius 2 is 2.00 bits per heavy atom. The largest absolute Gasteiger partial charge is 0.376 e. The summed E-state index contributed by atoms with van der Waals surface area (Å²) in [7, 11) is -3.33. The molecule has 2 N–H and O–H groups in total. The van der Waals surface area contributed by atoms with Gasteiger partial charge >= 0.3 is 0 Å². The third-order valence-electron chi connectivity index (χ3n) is 8.89. The van der Waals surface area contributed by atoms with Crippen LogP contribution < -0.4 is 10.6 Å². The van der Waals surface area contributed by atoms with Gasteiger partial charge in [-0.05, 0) is 94.0 Å². The molecule has 1 amide bonds. The van der Waals surface area contributed by atoms with Crippen LogP contribution in [-0.4, -0.2) is 61.8 Å². The number of amides is 1. The number of piperazine rings is 1. The van der Waals surface area contributed by atoms with Gasteiger partial charge in [0, 0.05) is 54.5 Å². The van der Waals surface area contributed by atoms with Crippen LogP contribution in [-0.2, 0) is 26.0 Å². The van der Waals surface area contributed by atoms with Gasteiger partial charge in [-0.2, -0.15) is 4.31 Å². The Kier molecular flexibility index (Phi) is 9.40. The third kappa shape index (κ3) is 7.49. The molecule has 0 radical (unpaired) electrons. The SMILES string of the molecule is CC1(C)CC([C@@H](CC(=O)Nc2cccc(F)c2CCC2CN[C@@H]3CCCS(=O)(=O)N2C3)c2ccc(Cl)cc2)CCO1. The first kappa shape index (κ1) is 30.4. The van der Waals surface area contributed by atoms with Crippen LogP contribution in [0, 0.1) is 11.7 Å². The molecule has 5 rings (SSSR count). The number of halogens is 2. The van der Waals surface area contributed by atoms with Crippen LogP contribution in [0.3, 0.4) is 0 Å². The van der Waals surface area contributed by atoms with Gasteiger partial charge in [0.15, 0.2) is 0 Å². The normalized spacial score (nSPS) is 27.9. The van der Waals surface area contributed by atoms with Crippen LogP contribution in [0.2, 0.25) is 5.02 Å². The molecule has 41 heavy (non-hydrogen) atoms. The number of nitrogens with one attached hydrogen (secondary N) is 2. The fourth-order valence-corrected chi connectivity index (χ4v) is 8.71. The highest BCUT2D eigenvalue weighted by atomic mass is 35.5. The van der Waals surface area contributed by atoms with E-state index in [9.17, 15) is 13.2 Å². The van der Waals surface area contributed by atoms with Gasteiger partial charge in [0.25, 0.3) is 0 Å². The van der Waals surface area contributed by atoms with Gasteiger partial charge in [-0.3, -0.25) is 4.79 Å². The third-order valence-corrected chi connectivity index (χ3v) is 11.1. The number of hydrogen-bond donors (Lipinski definition) is 2. The molecule has 2 aromatic carbocycles. The molecule has 3 heterocycles. The average Bonchev–Trinajstić information content (AvgIpc) is 3.03. The smallest absolute Gasteiger partial charge is 0.225 e. The van der Waals surface area contributed by atoms with Gasteiger partial charge in [-0.1, -0.05) is 29.8 Å². The Bertz CT molecular complexity index is 1340. The van der Waals surface area contributed by atoms with Crippen molar-refractivity contribution in [3.63, 3.8) is 0 Å². The molecular weight excluding hydrogens is 565 g/mol. The van der Waals surface area contributed by atoms with E-state index in [0.29, 0.717) is 55.2 Å². The van der Waals surface area contributed by atoms with Crippen molar-refractivity contribution in [2.24, 2.45) is 5.92 Å². The summed E-state index contributed by atoms with van der Waals surface area (Å²) in [5, 5.41) is 7.11. The van der Waals surface area contributed by atoms with Crippen molar-refractivity contribution in [3.05, 3.63) is 64.4 Å². The molecule has 3 aliphatic rings. The van der Waals surface area contributed by atoms with E-state index >= 15 is 4.39 Å². The van der Waals surface area contributed by atoms with E-state index in [4.69, 9.17) is 16.3 Å². The van der Waals surface area contributed by atoms with E-state index in [1.807, 2.05) is 24.3 Å². The van der Waals surface area contributed by atoms with Crippen molar-refractivity contribution in [2.75, 3.05) is 30.8 Å². The summed E-state index contributed by atoms with van der Waals surface area (Å²) in [6, 6.07) is 12.3. The molecule has 224 valence electrons. The molecule has 10 heteroatoms. The summed E-state index contributed by atoms with van der Waals surface area (Å²) in [4.78, 5) is 13.5. The lowest BCUT2D eigenvalue weighted by Crippen LogP contribution is -2.57. The number of benzene rings is 2. The van der Waals surface area contributed by atoms with Crippen molar-refractivity contribution in [2.45, 2.75) is 82.4 Å². The molecule has 7 nitrogen and oxygen atoms in total. The Balaban J connectivity index is 1.31. The van der Waals surface area contributed by atoms with Crippen molar-refractivity contribution in [1.82, 2.24) is 9.62 Å². The number of sulfonamides is 1. The summed E-state index contributed by atoms with van der Waals surface area (Å²) in [6.07, 6.45) is 4.20. The number of ether oxygens (including phenoxy) is 1. The fourth-order valence-electron chi connectivity index (χ4n) is 6.78. The summed E-state index contributed by atoms with van der Waals surface area (Å²) >= 11 is 6.16. The van der Waals surface area contributed by atoms with Gasteiger partial charge in [0.1, 0.15) is 5.82 Å². The first-order valence-corrected chi connectivity index (χ1v) is 16.7. The summed E-state index contributed by atoms with van der Waals surface area (Å²) in [5.74, 6) is -0.221. The highest BCUT2D eigenvalue weighted by Gasteiger charge is 2.38. The summed E-state index contributed by atoms with van der Waals surface area (Å²) in [5.41, 5.74) is 1.63. The van der Waals surface area contributed by atoms with Gasteiger partial charge in [0.2, 0.25) is 15.9 Å². The molecule has 0 spiro atoms. The fraction of sp³-hybridized carbons (Fsp3) is 0.581. The van der Waals surface area contributed by atoms with Crippen LogP contribution in [0.5, 0.6) is 0 Å². The average molecular weight is 606 g/mol. The lowest BCUT2D eigenvalue weighted by atomic mass is 9.75. The first-order valence-electron chi connectivity index (χ1n) is 14.7. The zero-order chi connectivity index (χ0) is 29.2. The van der Waals surface area contributed by atoms with E-state index < -0.39 is 15.8 Å². The molecule has 3 fully saturated rings. The number of nitrogens with zero attached hydrogens (tertiary/aromatic N) is 1. The van der Waals surface area contributed by atoms with Crippen molar-refractivity contribution < 1.29 is 22.3 Å². The van der Waals surface area contributed by atoms with E-state index in [2.05, 4.69) is 24.5 Å². The number of anilines is 1. The molecule has 0 aromatic heterocycles. The number of carbonyl (C=O) groups is 1. The van der Waals surface area contributed by atoms with Gasteiger partial charge < -0.3 is 15.4 Å². The quantitative estimate of drug-likeness (QED) is 0.415. The van der Waals surface area contributed by atoms with E-state index in [0.717, 1.165) is 24.8 Å².